The molecule has 7 heteroatoms. The van der Waals surface area contributed by atoms with Crippen molar-refractivity contribution < 1.29 is 19.3 Å². The summed E-state index contributed by atoms with van der Waals surface area (Å²) in [6.45, 7) is 1.17. The Morgan fingerprint density at radius 1 is 1.30 bits per heavy atom. The lowest BCUT2D eigenvalue weighted by atomic mass is 10.1. The summed E-state index contributed by atoms with van der Waals surface area (Å²) < 4.78 is 18.3. The molecule has 0 radical (unpaired) electrons. The first-order chi connectivity index (χ1) is 11.2. The Bertz CT molecular complexity index is 638. The zero-order valence-electron chi connectivity index (χ0n) is 13.1. The van der Waals surface area contributed by atoms with Gasteiger partial charge in [-0.2, -0.15) is 0 Å². The van der Waals surface area contributed by atoms with Gasteiger partial charge in [-0.05, 0) is 18.6 Å². The predicted octanol–water partition coefficient (Wildman–Crippen LogP) is 1.33. The number of methoxy groups -OCH3 is 1. The predicted molar refractivity (Wildman–Crippen MR) is 82.6 cm³/mol. The number of hydrogen-bond donors (Lipinski definition) is 1. The van der Waals surface area contributed by atoms with Gasteiger partial charge >= 0.3 is 0 Å². The van der Waals surface area contributed by atoms with Crippen LogP contribution in [0.3, 0.4) is 0 Å². The number of ether oxygens (including phenoxy) is 3. The molecule has 124 valence electrons. The van der Waals surface area contributed by atoms with Gasteiger partial charge in [0, 0.05) is 25.5 Å². The molecule has 0 bridgehead atoms. The fourth-order valence-corrected chi connectivity index (χ4v) is 2.69. The molecule has 23 heavy (non-hydrogen) atoms. The highest BCUT2D eigenvalue weighted by Crippen LogP contribution is 2.28. The number of rotatable bonds is 7. The highest BCUT2D eigenvalue weighted by molar-refractivity contribution is 5.38. The summed E-state index contributed by atoms with van der Waals surface area (Å²) in [6, 6.07) is 7.63. The normalized spacial score (nSPS) is 16.6. The van der Waals surface area contributed by atoms with E-state index in [1.54, 1.807) is 11.8 Å². The van der Waals surface area contributed by atoms with Gasteiger partial charge in [0.1, 0.15) is 5.75 Å². The van der Waals surface area contributed by atoms with E-state index in [4.69, 9.17) is 14.2 Å². The van der Waals surface area contributed by atoms with Crippen LogP contribution in [0.1, 0.15) is 18.5 Å². The number of aliphatic hydroxyl groups is 1. The van der Waals surface area contributed by atoms with Crippen molar-refractivity contribution in [1.82, 2.24) is 15.0 Å². The molecule has 0 aliphatic carbocycles. The van der Waals surface area contributed by atoms with Crippen molar-refractivity contribution in [1.29, 1.82) is 0 Å². The van der Waals surface area contributed by atoms with E-state index in [2.05, 4.69) is 10.3 Å². The molecule has 0 saturated carbocycles. The molecule has 0 unspecified atom stereocenters. The van der Waals surface area contributed by atoms with Gasteiger partial charge in [0.2, 0.25) is 0 Å². The SMILES string of the molecule is COc1cccc(-n2cc(CCC3(CCO)OCCO3)nn2)c1. The number of aliphatic hydroxyl groups excluding tert-OH is 1. The lowest BCUT2D eigenvalue weighted by Crippen LogP contribution is -2.32. The second-order valence-corrected chi connectivity index (χ2v) is 5.44. The van der Waals surface area contributed by atoms with E-state index in [-0.39, 0.29) is 6.61 Å². The van der Waals surface area contributed by atoms with Gasteiger partial charge < -0.3 is 19.3 Å². The maximum atomic E-state index is 9.19. The largest absolute Gasteiger partial charge is 0.497 e. The maximum absolute atomic E-state index is 9.19. The lowest BCUT2D eigenvalue weighted by Gasteiger charge is -2.26. The molecule has 1 saturated heterocycles. The third-order valence-electron chi connectivity index (χ3n) is 3.93. The van der Waals surface area contributed by atoms with Crippen molar-refractivity contribution in [2.45, 2.75) is 25.0 Å². The van der Waals surface area contributed by atoms with Crippen LogP contribution in [-0.2, 0) is 15.9 Å². The summed E-state index contributed by atoms with van der Waals surface area (Å²) in [5.41, 5.74) is 1.74. The molecule has 2 aromatic rings. The van der Waals surface area contributed by atoms with Crippen molar-refractivity contribution in [2.75, 3.05) is 26.9 Å². The highest BCUT2D eigenvalue weighted by Gasteiger charge is 2.35. The van der Waals surface area contributed by atoms with E-state index in [9.17, 15) is 5.11 Å². The van der Waals surface area contributed by atoms with Gasteiger partial charge in [0.15, 0.2) is 5.79 Å². The van der Waals surface area contributed by atoms with E-state index in [1.807, 2.05) is 30.5 Å². The lowest BCUT2D eigenvalue weighted by molar-refractivity contribution is -0.171. The second kappa shape index (κ2) is 7.08. The molecule has 0 spiro atoms. The Kier molecular flexibility index (Phi) is 4.90. The molecule has 0 amide bonds. The van der Waals surface area contributed by atoms with Gasteiger partial charge in [-0.1, -0.05) is 11.3 Å². The van der Waals surface area contributed by atoms with E-state index < -0.39 is 5.79 Å². The van der Waals surface area contributed by atoms with Crippen LogP contribution in [0, 0.1) is 0 Å². The van der Waals surface area contributed by atoms with Crippen molar-refractivity contribution in [3.8, 4) is 11.4 Å². The van der Waals surface area contributed by atoms with Gasteiger partial charge in [-0.3, -0.25) is 0 Å². The quantitative estimate of drug-likeness (QED) is 0.829. The van der Waals surface area contributed by atoms with E-state index in [0.717, 1.165) is 17.1 Å². The molecule has 1 aliphatic rings. The summed E-state index contributed by atoms with van der Waals surface area (Å²) in [6.07, 6.45) is 3.67. The van der Waals surface area contributed by atoms with E-state index in [0.29, 0.717) is 32.5 Å². The summed E-state index contributed by atoms with van der Waals surface area (Å²) in [5, 5.41) is 17.5. The van der Waals surface area contributed by atoms with E-state index >= 15 is 0 Å². The topological polar surface area (TPSA) is 78.6 Å². The van der Waals surface area contributed by atoms with Crippen LogP contribution in [0.15, 0.2) is 30.5 Å². The minimum Gasteiger partial charge on any atom is -0.497 e. The Morgan fingerprint density at radius 2 is 2.13 bits per heavy atom. The summed E-state index contributed by atoms with van der Waals surface area (Å²) >= 11 is 0. The number of nitrogens with zero attached hydrogens (tertiary/aromatic N) is 3. The summed E-state index contributed by atoms with van der Waals surface area (Å²) in [4.78, 5) is 0. The minimum absolute atomic E-state index is 0.0382. The summed E-state index contributed by atoms with van der Waals surface area (Å²) in [5.74, 6) is 0.0864. The zero-order valence-corrected chi connectivity index (χ0v) is 13.1. The molecule has 1 aliphatic heterocycles. The first-order valence-electron chi connectivity index (χ1n) is 7.69. The summed E-state index contributed by atoms with van der Waals surface area (Å²) in [7, 11) is 1.63. The standard InChI is InChI=1S/C16H21N3O4/c1-21-15-4-2-3-14(11-15)19-12-13(17-18-19)5-6-16(7-8-20)22-9-10-23-16/h2-4,11-12,20H,5-10H2,1H3. The Hall–Kier alpha value is -1.96. The monoisotopic (exact) mass is 319 g/mol. The van der Waals surface area contributed by atoms with Crippen LogP contribution < -0.4 is 4.74 Å². The van der Waals surface area contributed by atoms with Crippen LogP contribution in [0.25, 0.3) is 5.69 Å². The van der Waals surface area contributed by atoms with E-state index in [1.165, 1.54) is 0 Å². The second-order valence-electron chi connectivity index (χ2n) is 5.44. The Balaban J connectivity index is 1.67. The molecule has 1 fully saturated rings. The molecular formula is C16H21N3O4. The molecule has 1 aromatic heterocycles. The molecular weight excluding hydrogens is 298 g/mol. The van der Waals surface area contributed by atoms with Gasteiger partial charge in [-0.25, -0.2) is 4.68 Å². The first-order valence-corrected chi connectivity index (χ1v) is 7.69. The van der Waals surface area contributed by atoms with Crippen LogP contribution in [0.5, 0.6) is 5.75 Å². The zero-order chi connectivity index (χ0) is 16.1. The first kappa shape index (κ1) is 15.9. The molecule has 1 aromatic carbocycles. The fourth-order valence-electron chi connectivity index (χ4n) is 2.69. The minimum atomic E-state index is -0.686. The number of hydrogen-bond acceptors (Lipinski definition) is 6. The maximum Gasteiger partial charge on any atom is 0.171 e. The van der Waals surface area contributed by atoms with Crippen LogP contribution in [0.4, 0.5) is 0 Å². The molecule has 2 heterocycles. The number of benzene rings is 1. The highest BCUT2D eigenvalue weighted by atomic mass is 16.7. The molecule has 1 N–H and O–H groups in total. The number of aromatic nitrogens is 3. The smallest absolute Gasteiger partial charge is 0.171 e. The van der Waals surface area contributed by atoms with Crippen molar-refractivity contribution in [2.24, 2.45) is 0 Å². The average Bonchev–Trinajstić information content (AvgIpc) is 3.23. The van der Waals surface area contributed by atoms with Gasteiger partial charge in [-0.15, -0.1) is 5.10 Å². The van der Waals surface area contributed by atoms with Crippen LogP contribution >= 0.6 is 0 Å². The van der Waals surface area contributed by atoms with Crippen molar-refractivity contribution in [3.63, 3.8) is 0 Å². The van der Waals surface area contributed by atoms with Crippen LogP contribution in [0.2, 0.25) is 0 Å². The van der Waals surface area contributed by atoms with Gasteiger partial charge in [0.25, 0.3) is 0 Å². The molecule has 0 atom stereocenters. The number of aryl methyl sites for hydroxylation is 1. The van der Waals surface area contributed by atoms with Gasteiger partial charge in [0.05, 0.1) is 37.9 Å². The third-order valence-corrected chi connectivity index (χ3v) is 3.93. The molecule has 3 rings (SSSR count). The van der Waals surface area contributed by atoms with Crippen molar-refractivity contribution in [3.05, 3.63) is 36.2 Å². The Morgan fingerprint density at radius 3 is 2.87 bits per heavy atom. The average molecular weight is 319 g/mol. The van der Waals surface area contributed by atoms with Crippen molar-refractivity contribution >= 4 is 0 Å². The third kappa shape index (κ3) is 3.69. The Labute approximate surface area is 134 Å². The van der Waals surface area contributed by atoms with Crippen LogP contribution in [-0.4, -0.2) is 52.8 Å². The molecule has 7 nitrogen and oxygen atoms in total. The fraction of sp³-hybridized carbons (Fsp3) is 0.500.